The van der Waals surface area contributed by atoms with E-state index in [-0.39, 0.29) is 18.0 Å². The molecule has 1 aliphatic rings. The Labute approximate surface area is 265 Å². The summed E-state index contributed by atoms with van der Waals surface area (Å²) >= 11 is 0. The van der Waals surface area contributed by atoms with Crippen molar-refractivity contribution in [1.82, 2.24) is 36.2 Å². The smallest absolute Gasteiger partial charge is 0.329 e. The molecule has 0 radical (unpaired) electrons. The highest BCUT2D eigenvalue weighted by Crippen LogP contribution is 2.27. The Balaban J connectivity index is 1.54. The number of aromatic nitrogens is 3. The van der Waals surface area contributed by atoms with Gasteiger partial charge in [-0.05, 0) is 98.0 Å². The third kappa shape index (κ3) is 9.30. The maximum atomic E-state index is 13.7. The zero-order chi connectivity index (χ0) is 32.6. The molecule has 3 amide bonds. The van der Waals surface area contributed by atoms with Crippen molar-refractivity contribution in [2.75, 3.05) is 19.6 Å². The van der Waals surface area contributed by atoms with E-state index >= 15 is 0 Å². The number of carbonyl (C=O) groups excluding carboxylic acids is 3. The molecule has 0 aliphatic carbocycles. The number of benzene rings is 1. The minimum Gasteiger partial charge on any atom is -0.458 e. The minimum absolute atomic E-state index is 0.0950. The van der Waals surface area contributed by atoms with Crippen LogP contribution in [0.25, 0.3) is 10.9 Å². The number of rotatable bonds is 13. The van der Waals surface area contributed by atoms with Gasteiger partial charge in [0, 0.05) is 41.5 Å². The number of imidazole rings is 1. The van der Waals surface area contributed by atoms with E-state index in [0.717, 1.165) is 48.8 Å². The van der Waals surface area contributed by atoms with Crippen LogP contribution in [0.3, 0.4) is 0 Å². The number of esters is 1. The number of fused-ring (bicyclic) bond motifs is 1. The third-order valence-corrected chi connectivity index (χ3v) is 8.19. The van der Waals surface area contributed by atoms with Crippen molar-refractivity contribution in [2.24, 2.45) is 5.73 Å². The molecule has 246 valence electrons. The van der Waals surface area contributed by atoms with Gasteiger partial charge < -0.3 is 41.7 Å². The normalized spacial score (nSPS) is 15.8. The number of piperidine rings is 1. The van der Waals surface area contributed by atoms with Gasteiger partial charge in [-0.3, -0.25) is 4.79 Å². The first-order valence-electron chi connectivity index (χ1n) is 16.0. The van der Waals surface area contributed by atoms with Crippen LogP contribution in [0.5, 0.6) is 0 Å². The van der Waals surface area contributed by atoms with E-state index in [1.807, 2.05) is 30.5 Å². The summed E-state index contributed by atoms with van der Waals surface area (Å²) in [6, 6.07) is 6.54. The Hall–Kier alpha value is -3.90. The first-order valence-corrected chi connectivity index (χ1v) is 16.0. The molecule has 0 spiro atoms. The topological polar surface area (TPSA) is 179 Å². The fourth-order valence-electron chi connectivity index (χ4n) is 5.50. The molecule has 1 aliphatic heterocycles. The lowest BCUT2D eigenvalue weighted by atomic mass is 9.88. The second kappa shape index (κ2) is 14.9. The van der Waals surface area contributed by atoms with Crippen LogP contribution in [0.1, 0.15) is 89.8 Å². The summed E-state index contributed by atoms with van der Waals surface area (Å²) < 4.78 is 5.60. The standard InChI is InChI=1S/C33H50N8O4/c1-32(2,3)45-29(42)25(12-8-9-15-34)39-30(43)33(4,5)27-20-37-28(41-27)26(40-31(44)38-22-13-16-35-17-14-22)18-21-19-36-24-11-7-6-10-23(21)24/h6-7,10-11,19-20,22,25-26,35-36H,8-9,12-18,34H2,1-5H3,(H,37,41)(H,39,43)(H2,38,40,44)/t25-,26-/m1/s1. The summed E-state index contributed by atoms with van der Waals surface area (Å²) in [5, 5.41) is 13.5. The van der Waals surface area contributed by atoms with E-state index in [0.29, 0.717) is 37.3 Å². The number of nitrogens with zero attached hydrogens (tertiary/aromatic N) is 1. The van der Waals surface area contributed by atoms with Gasteiger partial charge in [-0.25, -0.2) is 14.6 Å². The summed E-state index contributed by atoms with van der Waals surface area (Å²) in [7, 11) is 0. The summed E-state index contributed by atoms with van der Waals surface area (Å²) in [5.74, 6) is -0.286. The second-order valence-electron chi connectivity index (χ2n) is 13.4. The van der Waals surface area contributed by atoms with Crippen LogP contribution in [0.2, 0.25) is 0 Å². The van der Waals surface area contributed by atoms with Gasteiger partial charge in [0.2, 0.25) is 5.91 Å². The van der Waals surface area contributed by atoms with Crippen LogP contribution in [-0.4, -0.2) is 70.2 Å². The van der Waals surface area contributed by atoms with Crippen molar-refractivity contribution in [3.8, 4) is 0 Å². The largest absolute Gasteiger partial charge is 0.458 e. The highest BCUT2D eigenvalue weighted by Gasteiger charge is 2.36. The van der Waals surface area contributed by atoms with E-state index in [1.54, 1.807) is 40.8 Å². The predicted octanol–water partition coefficient (Wildman–Crippen LogP) is 3.46. The van der Waals surface area contributed by atoms with E-state index < -0.39 is 29.1 Å². The number of hydrogen-bond acceptors (Lipinski definition) is 7. The average Bonchev–Trinajstić information content (AvgIpc) is 3.64. The first-order chi connectivity index (χ1) is 21.4. The van der Waals surface area contributed by atoms with Crippen molar-refractivity contribution < 1.29 is 19.1 Å². The predicted molar refractivity (Wildman–Crippen MR) is 175 cm³/mol. The van der Waals surface area contributed by atoms with Gasteiger partial charge in [-0.1, -0.05) is 18.2 Å². The fourth-order valence-corrected chi connectivity index (χ4v) is 5.50. The summed E-state index contributed by atoms with van der Waals surface area (Å²) in [5.41, 5.74) is 6.51. The summed E-state index contributed by atoms with van der Waals surface area (Å²) in [6.07, 6.45) is 7.62. The van der Waals surface area contributed by atoms with Crippen molar-refractivity contribution in [3.05, 3.63) is 53.7 Å². The van der Waals surface area contributed by atoms with Gasteiger partial charge >= 0.3 is 12.0 Å². The molecule has 1 saturated heterocycles. The second-order valence-corrected chi connectivity index (χ2v) is 13.4. The van der Waals surface area contributed by atoms with Gasteiger partial charge in [0.25, 0.3) is 0 Å². The molecule has 12 heteroatoms. The zero-order valence-electron chi connectivity index (χ0n) is 27.2. The molecule has 0 unspecified atom stereocenters. The van der Waals surface area contributed by atoms with Crippen LogP contribution < -0.4 is 27.0 Å². The van der Waals surface area contributed by atoms with E-state index in [9.17, 15) is 14.4 Å². The van der Waals surface area contributed by atoms with Gasteiger partial charge in [-0.2, -0.15) is 0 Å². The number of nitrogens with two attached hydrogens (primary N) is 1. The monoisotopic (exact) mass is 622 g/mol. The Kier molecular flexibility index (Phi) is 11.3. The van der Waals surface area contributed by atoms with Gasteiger partial charge in [-0.15, -0.1) is 0 Å². The maximum absolute atomic E-state index is 13.7. The molecule has 45 heavy (non-hydrogen) atoms. The van der Waals surface area contributed by atoms with Crippen LogP contribution in [0.4, 0.5) is 4.79 Å². The number of unbranched alkanes of at least 4 members (excludes halogenated alkanes) is 1. The number of ether oxygens (including phenoxy) is 1. The highest BCUT2D eigenvalue weighted by molar-refractivity contribution is 5.91. The van der Waals surface area contributed by atoms with Crippen molar-refractivity contribution in [1.29, 1.82) is 0 Å². The molecular formula is C33H50N8O4. The van der Waals surface area contributed by atoms with Crippen molar-refractivity contribution in [2.45, 2.75) is 102 Å². The third-order valence-electron chi connectivity index (χ3n) is 8.19. The quantitative estimate of drug-likeness (QED) is 0.113. The molecule has 2 aromatic heterocycles. The molecule has 12 nitrogen and oxygen atoms in total. The number of urea groups is 1. The number of H-pyrrole nitrogens is 2. The molecule has 4 rings (SSSR count). The maximum Gasteiger partial charge on any atom is 0.329 e. The number of nitrogens with one attached hydrogen (secondary N) is 6. The average molecular weight is 623 g/mol. The zero-order valence-corrected chi connectivity index (χ0v) is 27.2. The Bertz CT molecular complexity index is 1430. The minimum atomic E-state index is -1.07. The molecule has 0 saturated carbocycles. The van der Waals surface area contributed by atoms with E-state index in [4.69, 9.17) is 10.5 Å². The Morgan fingerprint density at radius 3 is 2.51 bits per heavy atom. The fraction of sp³-hybridized carbons (Fsp3) is 0.576. The number of carbonyl (C=O) groups is 3. The van der Waals surface area contributed by atoms with Gasteiger partial charge in [0.1, 0.15) is 17.5 Å². The molecule has 1 aromatic carbocycles. The van der Waals surface area contributed by atoms with E-state index in [2.05, 4.69) is 36.2 Å². The first kappa shape index (κ1) is 34.0. The lowest BCUT2D eigenvalue weighted by Gasteiger charge is -2.28. The van der Waals surface area contributed by atoms with Gasteiger partial charge in [0.15, 0.2) is 0 Å². The molecular weight excluding hydrogens is 572 g/mol. The SMILES string of the molecule is CC(C)(C)OC(=O)[C@@H](CCCCN)NC(=O)C(C)(C)c1cnc([C@@H](Cc2c[nH]c3ccccc23)NC(=O)NC2CCNCC2)[nH]1. The molecule has 1 fully saturated rings. The molecule has 3 heterocycles. The van der Waals surface area contributed by atoms with Crippen LogP contribution in [-0.2, 0) is 26.2 Å². The van der Waals surface area contributed by atoms with Crippen LogP contribution in [0, 0.1) is 0 Å². The molecule has 2 atom stereocenters. The van der Waals surface area contributed by atoms with Gasteiger partial charge in [0.05, 0.1) is 11.5 Å². The van der Waals surface area contributed by atoms with Crippen molar-refractivity contribution in [3.63, 3.8) is 0 Å². The summed E-state index contributed by atoms with van der Waals surface area (Å²) in [4.78, 5) is 51.1. The Morgan fingerprint density at radius 1 is 1.07 bits per heavy atom. The van der Waals surface area contributed by atoms with Crippen LogP contribution in [0.15, 0.2) is 36.7 Å². The lowest BCUT2D eigenvalue weighted by molar-refractivity contribution is -0.159. The number of amides is 3. The van der Waals surface area contributed by atoms with E-state index in [1.165, 1.54) is 0 Å². The number of aromatic amines is 2. The van der Waals surface area contributed by atoms with Crippen molar-refractivity contribution >= 4 is 28.8 Å². The highest BCUT2D eigenvalue weighted by atomic mass is 16.6. The molecule has 3 aromatic rings. The van der Waals surface area contributed by atoms with Crippen LogP contribution >= 0.6 is 0 Å². The summed E-state index contributed by atoms with van der Waals surface area (Å²) in [6.45, 7) is 11.2. The molecule has 0 bridgehead atoms. The Morgan fingerprint density at radius 2 is 1.80 bits per heavy atom. The number of para-hydroxylation sites is 1. The lowest BCUT2D eigenvalue weighted by Crippen LogP contribution is -2.50. The number of hydrogen-bond donors (Lipinski definition) is 7. The molecule has 8 N–H and O–H groups in total.